The Hall–Kier alpha value is -0.910. The third-order valence-corrected chi connectivity index (χ3v) is 3.24. The van der Waals surface area contributed by atoms with E-state index in [0.29, 0.717) is 37.4 Å². The molecule has 1 saturated carbocycles. The zero-order valence-corrected chi connectivity index (χ0v) is 11.9. The van der Waals surface area contributed by atoms with Crippen LogP contribution in [-0.2, 0) is 16.0 Å². The fourth-order valence-electron chi connectivity index (χ4n) is 1.94. The molecule has 19 heavy (non-hydrogen) atoms. The van der Waals surface area contributed by atoms with Crippen molar-refractivity contribution in [3.05, 3.63) is 27.4 Å². The van der Waals surface area contributed by atoms with E-state index in [1.807, 2.05) is 0 Å². The molecule has 0 unspecified atom stereocenters. The average molecular weight is 287 g/mol. The normalized spacial score (nSPS) is 14.8. The van der Waals surface area contributed by atoms with Crippen LogP contribution in [0.1, 0.15) is 31.0 Å². The number of ether oxygens (including phenoxy) is 2. The first-order valence-corrected chi connectivity index (χ1v) is 6.94. The minimum Gasteiger partial charge on any atom is -0.382 e. The van der Waals surface area contributed by atoms with Gasteiger partial charge in [-0.25, -0.2) is 4.98 Å². The molecular weight excluding hydrogens is 268 g/mol. The molecule has 0 N–H and O–H groups in total. The molecule has 0 radical (unpaired) electrons. The van der Waals surface area contributed by atoms with Gasteiger partial charge in [0, 0.05) is 32.2 Å². The summed E-state index contributed by atoms with van der Waals surface area (Å²) in [5, 5.41) is 0.291. The highest BCUT2D eigenvalue weighted by Crippen LogP contribution is 2.38. The minimum absolute atomic E-state index is 0.0706. The molecular formula is C13H19ClN2O3. The number of hydrogen-bond acceptors (Lipinski definition) is 4. The van der Waals surface area contributed by atoms with Crippen molar-refractivity contribution >= 4 is 11.6 Å². The fraction of sp³-hybridized carbons (Fsp3) is 0.692. The second-order valence-electron chi connectivity index (χ2n) is 4.66. The summed E-state index contributed by atoms with van der Waals surface area (Å²) >= 11 is 5.85. The van der Waals surface area contributed by atoms with E-state index < -0.39 is 0 Å². The van der Waals surface area contributed by atoms with Crippen LogP contribution in [0.15, 0.2) is 10.9 Å². The van der Waals surface area contributed by atoms with Gasteiger partial charge in [0.25, 0.3) is 5.56 Å². The fourth-order valence-corrected chi connectivity index (χ4v) is 2.12. The Kier molecular flexibility index (Phi) is 5.36. The van der Waals surface area contributed by atoms with Gasteiger partial charge in [-0.2, -0.15) is 0 Å². The molecule has 0 aliphatic heterocycles. The number of aromatic nitrogens is 2. The summed E-state index contributed by atoms with van der Waals surface area (Å²) < 4.78 is 12.0. The molecule has 0 amide bonds. The lowest BCUT2D eigenvalue weighted by atomic mass is 10.3. The molecule has 1 aliphatic carbocycles. The molecule has 1 aliphatic rings. The Labute approximate surface area is 117 Å². The molecule has 0 bridgehead atoms. The standard InChI is InChI=1S/C13H19ClN2O3/c1-18-7-8-19-6-2-5-16-12(17)9-11(14)15-13(16)10-3-4-10/h9-10H,2-8H2,1H3. The number of rotatable bonds is 8. The predicted octanol–water partition coefficient (Wildman–Crippen LogP) is 1.83. The smallest absolute Gasteiger partial charge is 0.254 e. The van der Waals surface area contributed by atoms with Crippen LogP contribution in [0.2, 0.25) is 5.15 Å². The maximum Gasteiger partial charge on any atom is 0.254 e. The molecule has 106 valence electrons. The van der Waals surface area contributed by atoms with Gasteiger partial charge in [0.05, 0.1) is 13.2 Å². The summed E-state index contributed by atoms with van der Waals surface area (Å²) in [6.45, 7) is 2.42. The van der Waals surface area contributed by atoms with Gasteiger partial charge in [0.2, 0.25) is 0 Å². The highest BCUT2D eigenvalue weighted by molar-refractivity contribution is 6.29. The van der Waals surface area contributed by atoms with E-state index in [-0.39, 0.29) is 5.56 Å². The third kappa shape index (κ3) is 4.30. The molecule has 5 nitrogen and oxygen atoms in total. The van der Waals surface area contributed by atoms with E-state index in [2.05, 4.69) is 4.98 Å². The molecule has 1 heterocycles. The van der Waals surface area contributed by atoms with Gasteiger partial charge in [-0.1, -0.05) is 11.6 Å². The van der Waals surface area contributed by atoms with Crippen LogP contribution >= 0.6 is 11.6 Å². The van der Waals surface area contributed by atoms with Crippen LogP contribution in [0, 0.1) is 0 Å². The highest BCUT2D eigenvalue weighted by Gasteiger charge is 2.28. The third-order valence-electron chi connectivity index (χ3n) is 3.05. The van der Waals surface area contributed by atoms with Crippen molar-refractivity contribution in [1.82, 2.24) is 9.55 Å². The Morgan fingerprint density at radius 3 is 2.89 bits per heavy atom. The van der Waals surface area contributed by atoms with E-state index in [1.54, 1.807) is 11.7 Å². The number of hydrogen-bond donors (Lipinski definition) is 0. The molecule has 0 spiro atoms. The summed E-state index contributed by atoms with van der Waals surface area (Å²) in [5.74, 6) is 1.23. The summed E-state index contributed by atoms with van der Waals surface area (Å²) in [5.41, 5.74) is -0.0706. The molecule has 0 aromatic carbocycles. The monoisotopic (exact) mass is 286 g/mol. The zero-order chi connectivity index (χ0) is 13.7. The van der Waals surface area contributed by atoms with Gasteiger partial charge in [0.1, 0.15) is 11.0 Å². The van der Waals surface area contributed by atoms with Crippen LogP contribution in [0.5, 0.6) is 0 Å². The minimum atomic E-state index is -0.0706. The summed E-state index contributed by atoms with van der Waals surface area (Å²) in [6.07, 6.45) is 2.97. The van der Waals surface area contributed by atoms with E-state index in [9.17, 15) is 4.79 Å². The van der Waals surface area contributed by atoms with Crippen LogP contribution in [-0.4, -0.2) is 36.5 Å². The quantitative estimate of drug-likeness (QED) is 0.540. The molecule has 1 fully saturated rings. The lowest BCUT2D eigenvalue weighted by Crippen LogP contribution is -2.25. The molecule has 1 aromatic rings. The van der Waals surface area contributed by atoms with Gasteiger partial charge >= 0.3 is 0 Å². The van der Waals surface area contributed by atoms with Gasteiger partial charge in [0.15, 0.2) is 0 Å². The molecule has 0 atom stereocenters. The van der Waals surface area contributed by atoms with Crippen LogP contribution < -0.4 is 5.56 Å². The largest absolute Gasteiger partial charge is 0.382 e. The number of nitrogens with zero attached hydrogens (tertiary/aromatic N) is 2. The molecule has 2 rings (SSSR count). The Bertz CT molecular complexity index is 471. The van der Waals surface area contributed by atoms with Gasteiger partial charge in [-0.15, -0.1) is 0 Å². The van der Waals surface area contributed by atoms with Crippen molar-refractivity contribution in [2.75, 3.05) is 26.9 Å². The van der Waals surface area contributed by atoms with Crippen LogP contribution in [0.3, 0.4) is 0 Å². The van der Waals surface area contributed by atoms with E-state index >= 15 is 0 Å². The van der Waals surface area contributed by atoms with Crippen molar-refractivity contribution in [3.8, 4) is 0 Å². The van der Waals surface area contributed by atoms with Crippen molar-refractivity contribution in [2.45, 2.75) is 31.7 Å². The average Bonchev–Trinajstić information content (AvgIpc) is 3.19. The predicted molar refractivity (Wildman–Crippen MR) is 72.8 cm³/mol. The number of methoxy groups -OCH3 is 1. The van der Waals surface area contributed by atoms with Crippen LogP contribution in [0.4, 0.5) is 0 Å². The SMILES string of the molecule is COCCOCCCn1c(C2CC2)nc(Cl)cc1=O. The Morgan fingerprint density at radius 1 is 1.42 bits per heavy atom. The lowest BCUT2D eigenvalue weighted by Gasteiger charge is -2.11. The zero-order valence-electron chi connectivity index (χ0n) is 11.1. The summed E-state index contributed by atoms with van der Waals surface area (Å²) in [6, 6.07) is 1.37. The van der Waals surface area contributed by atoms with Crippen LogP contribution in [0.25, 0.3) is 0 Å². The molecule has 6 heteroatoms. The molecule has 1 aromatic heterocycles. The summed E-state index contributed by atoms with van der Waals surface area (Å²) in [4.78, 5) is 16.2. The lowest BCUT2D eigenvalue weighted by molar-refractivity contribution is 0.0678. The van der Waals surface area contributed by atoms with Crippen molar-refractivity contribution in [1.29, 1.82) is 0 Å². The maximum atomic E-state index is 11.9. The Morgan fingerprint density at radius 2 is 2.21 bits per heavy atom. The first-order valence-electron chi connectivity index (χ1n) is 6.56. The maximum absolute atomic E-state index is 11.9. The summed E-state index contributed by atoms with van der Waals surface area (Å²) in [7, 11) is 1.64. The van der Waals surface area contributed by atoms with E-state index in [0.717, 1.165) is 25.1 Å². The molecule has 0 saturated heterocycles. The van der Waals surface area contributed by atoms with Crippen molar-refractivity contribution < 1.29 is 9.47 Å². The highest BCUT2D eigenvalue weighted by atomic mass is 35.5. The van der Waals surface area contributed by atoms with E-state index in [1.165, 1.54) is 6.07 Å². The Balaban J connectivity index is 1.90. The van der Waals surface area contributed by atoms with Gasteiger partial charge < -0.3 is 9.47 Å². The number of halogens is 1. The van der Waals surface area contributed by atoms with Crippen molar-refractivity contribution in [2.24, 2.45) is 0 Å². The van der Waals surface area contributed by atoms with Gasteiger partial charge in [-0.05, 0) is 19.3 Å². The van der Waals surface area contributed by atoms with Gasteiger partial charge in [-0.3, -0.25) is 9.36 Å². The second kappa shape index (κ2) is 7.03. The second-order valence-corrected chi connectivity index (χ2v) is 5.05. The first-order chi connectivity index (χ1) is 9.22. The topological polar surface area (TPSA) is 53.4 Å². The van der Waals surface area contributed by atoms with Crippen molar-refractivity contribution in [3.63, 3.8) is 0 Å². The first kappa shape index (κ1) is 14.5. The van der Waals surface area contributed by atoms with E-state index in [4.69, 9.17) is 21.1 Å².